The third-order valence-electron chi connectivity index (χ3n) is 4.58. The van der Waals surface area contributed by atoms with Crippen LogP contribution in [-0.2, 0) is 20.7 Å². The van der Waals surface area contributed by atoms with E-state index in [2.05, 4.69) is 0 Å². The van der Waals surface area contributed by atoms with E-state index in [0.717, 1.165) is 23.7 Å². The molecule has 0 spiro atoms. The number of nitrogens with zero attached hydrogens (tertiary/aromatic N) is 2. The Balaban J connectivity index is 1.65. The topological polar surface area (TPSA) is 89.7 Å². The zero-order valence-corrected chi connectivity index (χ0v) is 15.6. The fourth-order valence-electron chi connectivity index (χ4n) is 3.27. The van der Waals surface area contributed by atoms with Gasteiger partial charge in [-0.15, -0.1) is 0 Å². The molecule has 0 bridgehead atoms. The van der Waals surface area contributed by atoms with E-state index in [9.17, 15) is 19.7 Å². The highest BCUT2D eigenvalue weighted by atomic mass is 16.6. The molecule has 2 aromatic rings. The van der Waals surface area contributed by atoms with Gasteiger partial charge in [-0.1, -0.05) is 30.3 Å². The van der Waals surface area contributed by atoms with Crippen molar-refractivity contribution in [2.45, 2.75) is 32.4 Å². The quantitative estimate of drug-likeness (QED) is 0.343. The maximum Gasteiger partial charge on any atom is 0.331 e. The molecule has 0 saturated carbocycles. The molecule has 1 aliphatic rings. The van der Waals surface area contributed by atoms with Gasteiger partial charge in [0.15, 0.2) is 6.10 Å². The predicted octanol–water partition coefficient (Wildman–Crippen LogP) is 3.52. The molecule has 7 nitrogen and oxygen atoms in total. The first-order valence-corrected chi connectivity index (χ1v) is 8.91. The van der Waals surface area contributed by atoms with Crippen molar-refractivity contribution in [1.82, 2.24) is 0 Å². The third-order valence-corrected chi connectivity index (χ3v) is 4.58. The molecule has 0 aliphatic carbocycles. The number of rotatable bonds is 5. The third kappa shape index (κ3) is 4.09. The number of anilines is 1. The van der Waals surface area contributed by atoms with E-state index in [-0.39, 0.29) is 17.6 Å². The minimum atomic E-state index is -0.948. The first-order valence-electron chi connectivity index (χ1n) is 8.91. The first-order chi connectivity index (χ1) is 13.4. The van der Waals surface area contributed by atoms with Crippen LogP contribution in [0.25, 0.3) is 6.08 Å². The average molecular weight is 380 g/mol. The Kier molecular flexibility index (Phi) is 5.54. The van der Waals surface area contributed by atoms with Gasteiger partial charge in [-0.2, -0.15) is 0 Å². The predicted molar refractivity (Wildman–Crippen MR) is 105 cm³/mol. The van der Waals surface area contributed by atoms with Crippen LogP contribution in [0.3, 0.4) is 0 Å². The summed E-state index contributed by atoms with van der Waals surface area (Å²) in [4.78, 5) is 36.8. The highest BCUT2D eigenvalue weighted by Gasteiger charge is 2.34. The molecule has 1 heterocycles. The number of carbonyl (C=O) groups excluding carboxylic acids is 2. The molecule has 0 N–H and O–H groups in total. The lowest BCUT2D eigenvalue weighted by Crippen LogP contribution is -2.43. The second kappa shape index (κ2) is 8.04. The van der Waals surface area contributed by atoms with Gasteiger partial charge < -0.3 is 9.64 Å². The zero-order chi connectivity index (χ0) is 20.3. The van der Waals surface area contributed by atoms with Gasteiger partial charge >= 0.3 is 5.97 Å². The molecule has 7 heteroatoms. The van der Waals surface area contributed by atoms with Crippen molar-refractivity contribution in [2.24, 2.45) is 0 Å². The Morgan fingerprint density at radius 1 is 1.25 bits per heavy atom. The normalized spacial score (nSPS) is 16.6. The Morgan fingerprint density at radius 3 is 2.75 bits per heavy atom. The lowest BCUT2D eigenvalue weighted by atomic mass is 10.1. The highest BCUT2D eigenvalue weighted by molar-refractivity contribution is 6.00. The number of non-ortho nitro benzene ring substituents is 1. The minimum absolute atomic E-state index is 0.00791. The van der Waals surface area contributed by atoms with Gasteiger partial charge in [0.2, 0.25) is 0 Å². The van der Waals surface area contributed by atoms with Crippen molar-refractivity contribution in [3.63, 3.8) is 0 Å². The summed E-state index contributed by atoms with van der Waals surface area (Å²) in [6, 6.07) is 13.5. The second-order valence-corrected chi connectivity index (χ2v) is 6.65. The van der Waals surface area contributed by atoms with Crippen LogP contribution in [0.15, 0.2) is 54.6 Å². The summed E-state index contributed by atoms with van der Waals surface area (Å²) in [5.74, 6) is -0.970. The molecule has 2 atom stereocenters. The molecule has 0 radical (unpaired) electrons. The van der Waals surface area contributed by atoms with E-state index < -0.39 is 17.0 Å². The van der Waals surface area contributed by atoms with Crippen molar-refractivity contribution in [1.29, 1.82) is 0 Å². The highest BCUT2D eigenvalue weighted by Crippen LogP contribution is 2.32. The van der Waals surface area contributed by atoms with Crippen LogP contribution in [0.4, 0.5) is 11.4 Å². The number of esters is 1. The number of benzene rings is 2. The van der Waals surface area contributed by atoms with Crippen LogP contribution in [-0.4, -0.2) is 28.9 Å². The smallest absolute Gasteiger partial charge is 0.331 e. The second-order valence-electron chi connectivity index (χ2n) is 6.65. The summed E-state index contributed by atoms with van der Waals surface area (Å²) in [5.41, 5.74) is 2.36. The van der Waals surface area contributed by atoms with E-state index >= 15 is 0 Å². The van der Waals surface area contributed by atoms with Crippen LogP contribution in [0, 0.1) is 10.1 Å². The largest absolute Gasteiger partial charge is 0.449 e. The molecule has 1 amide bonds. The van der Waals surface area contributed by atoms with Gasteiger partial charge in [0.25, 0.3) is 11.6 Å². The Hall–Kier alpha value is -3.48. The lowest BCUT2D eigenvalue weighted by molar-refractivity contribution is -0.384. The molecule has 1 aliphatic heterocycles. The van der Waals surface area contributed by atoms with Crippen LogP contribution in [0.2, 0.25) is 0 Å². The zero-order valence-electron chi connectivity index (χ0n) is 15.6. The number of para-hydroxylation sites is 1. The minimum Gasteiger partial charge on any atom is -0.449 e. The van der Waals surface area contributed by atoms with Crippen molar-refractivity contribution in [2.75, 3.05) is 4.90 Å². The van der Waals surface area contributed by atoms with Crippen molar-refractivity contribution in [3.8, 4) is 0 Å². The Labute approximate surface area is 162 Å². The van der Waals surface area contributed by atoms with E-state index in [4.69, 9.17) is 4.74 Å². The van der Waals surface area contributed by atoms with Gasteiger partial charge in [0, 0.05) is 29.9 Å². The van der Waals surface area contributed by atoms with Gasteiger partial charge in [0.1, 0.15) is 0 Å². The Morgan fingerprint density at radius 2 is 2.00 bits per heavy atom. The maximum absolute atomic E-state index is 12.8. The molecule has 0 fully saturated rings. The van der Waals surface area contributed by atoms with Crippen molar-refractivity contribution >= 4 is 29.3 Å². The van der Waals surface area contributed by atoms with E-state index in [0.29, 0.717) is 5.56 Å². The van der Waals surface area contributed by atoms with Crippen LogP contribution in [0.1, 0.15) is 25.0 Å². The van der Waals surface area contributed by atoms with Gasteiger partial charge in [-0.25, -0.2) is 4.79 Å². The standard InChI is InChI=1S/C21H20N2O5/c1-14-12-17-7-3-4-9-19(17)22(14)21(25)15(2)28-20(24)11-10-16-6-5-8-18(13-16)23(26)27/h3-11,13-15H,12H2,1-2H3/b11-10+/t14-,15-/m0/s1. The van der Waals surface area contributed by atoms with Gasteiger partial charge in [-0.05, 0) is 43.5 Å². The number of nitro benzene ring substituents is 1. The van der Waals surface area contributed by atoms with E-state index in [1.807, 2.05) is 31.2 Å². The maximum atomic E-state index is 12.8. The molecule has 0 unspecified atom stereocenters. The van der Waals surface area contributed by atoms with Crippen LogP contribution < -0.4 is 4.90 Å². The summed E-state index contributed by atoms with van der Waals surface area (Å²) in [7, 11) is 0. The van der Waals surface area contributed by atoms with Crippen LogP contribution in [0.5, 0.6) is 0 Å². The van der Waals surface area contributed by atoms with Gasteiger partial charge in [-0.3, -0.25) is 14.9 Å². The molecule has 0 saturated heterocycles. The van der Waals surface area contributed by atoms with Crippen LogP contribution >= 0.6 is 0 Å². The SMILES string of the molecule is C[C@H](OC(=O)/C=C/c1cccc([N+](=O)[O-])c1)C(=O)N1c2ccccc2C[C@@H]1C. The number of ether oxygens (including phenoxy) is 1. The number of fused-ring (bicyclic) bond motifs is 1. The molecule has 0 aromatic heterocycles. The number of hydrogen-bond acceptors (Lipinski definition) is 5. The Bertz CT molecular complexity index is 953. The fourth-order valence-corrected chi connectivity index (χ4v) is 3.27. The molecule has 3 rings (SSSR count). The van der Waals surface area contributed by atoms with Gasteiger partial charge in [0.05, 0.1) is 4.92 Å². The first kappa shape index (κ1) is 19.3. The summed E-state index contributed by atoms with van der Waals surface area (Å²) >= 11 is 0. The number of hydrogen-bond donors (Lipinski definition) is 0. The number of carbonyl (C=O) groups is 2. The summed E-state index contributed by atoms with van der Waals surface area (Å²) in [6.45, 7) is 3.49. The monoisotopic (exact) mass is 380 g/mol. The van der Waals surface area contributed by atoms with E-state index in [1.54, 1.807) is 11.0 Å². The summed E-state index contributed by atoms with van der Waals surface area (Å²) in [5, 5.41) is 10.8. The number of nitro groups is 1. The summed E-state index contributed by atoms with van der Waals surface area (Å²) in [6.07, 6.45) is 2.38. The lowest BCUT2D eigenvalue weighted by Gasteiger charge is -2.25. The molecule has 144 valence electrons. The molecule has 2 aromatic carbocycles. The number of amides is 1. The van der Waals surface area contributed by atoms with Crippen molar-refractivity contribution < 1.29 is 19.2 Å². The molecular weight excluding hydrogens is 360 g/mol. The summed E-state index contributed by atoms with van der Waals surface area (Å²) < 4.78 is 5.24. The average Bonchev–Trinajstić information content (AvgIpc) is 3.01. The molecule has 28 heavy (non-hydrogen) atoms. The van der Waals surface area contributed by atoms with Crippen molar-refractivity contribution in [3.05, 3.63) is 75.8 Å². The fraction of sp³-hybridized carbons (Fsp3) is 0.238. The molecular formula is C21H20N2O5. The van der Waals surface area contributed by atoms with E-state index in [1.165, 1.54) is 31.2 Å².